The third-order valence-electron chi connectivity index (χ3n) is 2.97. The molecule has 0 heterocycles. The fourth-order valence-corrected chi connectivity index (χ4v) is 1.67. The summed E-state index contributed by atoms with van der Waals surface area (Å²) in [6, 6.07) is 0. The van der Waals surface area contributed by atoms with Crippen molar-refractivity contribution in [1.29, 1.82) is 0 Å². The highest BCUT2D eigenvalue weighted by Crippen LogP contribution is 2.33. The number of rotatable bonds is 2. The minimum absolute atomic E-state index is 0.00649. The molecule has 0 amide bonds. The highest BCUT2D eigenvalue weighted by atomic mass is 16.5. The Hall–Kier alpha value is -0.830. The molecule has 0 aliphatic heterocycles. The van der Waals surface area contributed by atoms with E-state index >= 15 is 0 Å². The van der Waals surface area contributed by atoms with Crippen LogP contribution in [-0.4, -0.2) is 25.8 Å². The second-order valence-electron chi connectivity index (χ2n) is 3.98. The predicted octanol–water partition coefficient (Wildman–Crippen LogP) is 2.06. The molecule has 0 spiro atoms. The number of ether oxygens (including phenoxy) is 2. The molecule has 0 unspecified atom stereocenters. The van der Waals surface area contributed by atoms with Crippen LogP contribution in [0.3, 0.4) is 0 Å². The molecule has 0 bridgehead atoms. The van der Waals surface area contributed by atoms with Crippen molar-refractivity contribution in [1.82, 2.24) is 0 Å². The normalized spacial score (nSPS) is 27.2. The highest BCUT2D eigenvalue weighted by molar-refractivity contribution is 5.82. The molecule has 14 heavy (non-hydrogen) atoms. The zero-order chi connectivity index (χ0) is 10.6. The van der Waals surface area contributed by atoms with E-state index < -0.39 is 0 Å². The van der Waals surface area contributed by atoms with Gasteiger partial charge in [0.2, 0.25) is 0 Å². The van der Waals surface area contributed by atoms with Crippen LogP contribution < -0.4 is 0 Å². The maximum Gasteiger partial charge on any atom is 0.330 e. The molecular weight excluding hydrogens is 180 g/mol. The number of carbonyl (C=O) groups is 1. The molecule has 0 aromatic rings. The van der Waals surface area contributed by atoms with Crippen molar-refractivity contribution in [3.05, 3.63) is 11.6 Å². The van der Waals surface area contributed by atoms with Crippen molar-refractivity contribution in [3.63, 3.8) is 0 Å². The van der Waals surface area contributed by atoms with Gasteiger partial charge >= 0.3 is 5.97 Å². The molecule has 1 rings (SSSR count). The Morgan fingerprint density at radius 1 is 1.36 bits per heavy atom. The summed E-state index contributed by atoms with van der Waals surface area (Å²) in [5.41, 5.74) is 1.17. The van der Waals surface area contributed by atoms with Crippen LogP contribution in [-0.2, 0) is 14.3 Å². The van der Waals surface area contributed by atoms with Crippen LogP contribution in [0.15, 0.2) is 11.6 Å². The Kier molecular flexibility index (Phi) is 3.69. The highest BCUT2D eigenvalue weighted by Gasteiger charge is 2.28. The van der Waals surface area contributed by atoms with Gasteiger partial charge in [-0.05, 0) is 32.6 Å². The summed E-state index contributed by atoms with van der Waals surface area (Å²) < 4.78 is 10.00. The van der Waals surface area contributed by atoms with E-state index in [9.17, 15) is 4.79 Å². The molecular formula is C11H18O3. The Morgan fingerprint density at radius 3 is 2.36 bits per heavy atom. The van der Waals surface area contributed by atoms with Crippen LogP contribution in [0.4, 0.5) is 0 Å². The summed E-state index contributed by atoms with van der Waals surface area (Å²) in [5, 5.41) is 0. The van der Waals surface area contributed by atoms with E-state index in [0.717, 1.165) is 25.7 Å². The van der Waals surface area contributed by atoms with Crippen molar-refractivity contribution in [2.45, 2.75) is 38.2 Å². The summed E-state index contributed by atoms with van der Waals surface area (Å²) >= 11 is 0. The molecule has 0 radical (unpaired) electrons. The minimum atomic E-state index is -0.249. The molecule has 3 nitrogen and oxygen atoms in total. The van der Waals surface area contributed by atoms with Gasteiger partial charge in [-0.2, -0.15) is 0 Å². The van der Waals surface area contributed by atoms with Gasteiger partial charge in [0.25, 0.3) is 0 Å². The Bertz CT molecular complexity index is 233. The smallest absolute Gasteiger partial charge is 0.330 e. The second-order valence-corrected chi connectivity index (χ2v) is 3.98. The van der Waals surface area contributed by atoms with Crippen LogP contribution in [0.5, 0.6) is 0 Å². The summed E-state index contributed by atoms with van der Waals surface area (Å²) in [5.74, 6) is -0.249. The minimum Gasteiger partial charge on any atom is -0.466 e. The Balaban J connectivity index is 2.51. The third kappa shape index (κ3) is 2.84. The molecule has 0 saturated heterocycles. The molecule has 1 aliphatic carbocycles. The Morgan fingerprint density at radius 2 is 1.93 bits per heavy atom. The van der Waals surface area contributed by atoms with Gasteiger partial charge in [0, 0.05) is 13.2 Å². The predicted molar refractivity (Wildman–Crippen MR) is 54.0 cm³/mol. The van der Waals surface area contributed by atoms with E-state index in [1.54, 1.807) is 13.2 Å². The van der Waals surface area contributed by atoms with E-state index in [-0.39, 0.29) is 11.6 Å². The maximum atomic E-state index is 11.0. The van der Waals surface area contributed by atoms with Crippen molar-refractivity contribution < 1.29 is 14.3 Å². The first-order valence-electron chi connectivity index (χ1n) is 4.92. The third-order valence-corrected chi connectivity index (χ3v) is 2.97. The second kappa shape index (κ2) is 4.60. The number of carbonyl (C=O) groups excluding carboxylic acids is 1. The quantitative estimate of drug-likeness (QED) is 0.503. The van der Waals surface area contributed by atoms with Gasteiger partial charge in [0.15, 0.2) is 0 Å². The Labute approximate surface area is 85.1 Å². The zero-order valence-corrected chi connectivity index (χ0v) is 9.13. The van der Waals surface area contributed by atoms with Gasteiger partial charge in [-0.25, -0.2) is 4.79 Å². The van der Waals surface area contributed by atoms with E-state index in [2.05, 4.69) is 11.7 Å². The standard InChI is InChI=1S/C11H18O3/c1-11(14-3)6-4-9(5-7-11)8-10(12)13-2/h8H,4-7H2,1-3H3. The van der Waals surface area contributed by atoms with Gasteiger partial charge < -0.3 is 9.47 Å². The average molecular weight is 198 g/mol. The summed E-state index contributed by atoms with van der Waals surface area (Å²) in [4.78, 5) is 11.0. The zero-order valence-electron chi connectivity index (χ0n) is 9.13. The first-order valence-corrected chi connectivity index (χ1v) is 4.92. The van der Waals surface area contributed by atoms with Crippen LogP contribution in [0.1, 0.15) is 32.6 Å². The molecule has 1 saturated carbocycles. The summed E-state index contributed by atoms with van der Waals surface area (Å²) in [6.45, 7) is 2.11. The van der Waals surface area contributed by atoms with Gasteiger partial charge in [0.1, 0.15) is 0 Å². The van der Waals surface area contributed by atoms with E-state index in [0.29, 0.717) is 0 Å². The average Bonchev–Trinajstić information content (AvgIpc) is 2.21. The van der Waals surface area contributed by atoms with Crippen molar-refractivity contribution in [2.75, 3.05) is 14.2 Å². The molecule has 0 atom stereocenters. The lowest BCUT2D eigenvalue weighted by atomic mass is 9.83. The van der Waals surface area contributed by atoms with Gasteiger partial charge in [-0.1, -0.05) is 5.57 Å². The van der Waals surface area contributed by atoms with E-state index in [1.165, 1.54) is 12.7 Å². The van der Waals surface area contributed by atoms with E-state index in [1.807, 2.05) is 0 Å². The fourth-order valence-electron chi connectivity index (χ4n) is 1.67. The van der Waals surface area contributed by atoms with Crippen LogP contribution in [0.25, 0.3) is 0 Å². The largest absolute Gasteiger partial charge is 0.466 e. The first kappa shape index (κ1) is 11.2. The van der Waals surface area contributed by atoms with Crippen molar-refractivity contribution in [2.24, 2.45) is 0 Å². The van der Waals surface area contributed by atoms with Crippen LogP contribution >= 0.6 is 0 Å². The molecule has 80 valence electrons. The summed E-state index contributed by atoms with van der Waals surface area (Å²) in [6.07, 6.45) is 5.42. The van der Waals surface area contributed by atoms with Crippen LogP contribution in [0, 0.1) is 0 Å². The fraction of sp³-hybridized carbons (Fsp3) is 0.727. The molecule has 0 aromatic heterocycles. The number of methoxy groups -OCH3 is 2. The number of hydrogen-bond donors (Lipinski definition) is 0. The van der Waals surface area contributed by atoms with E-state index in [4.69, 9.17) is 4.74 Å². The maximum absolute atomic E-state index is 11.0. The SMILES string of the molecule is COC(=O)C=C1CCC(C)(OC)CC1. The van der Waals surface area contributed by atoms with Crippen molar-refractivity contribution in [3.8, 4) is 0 Å². The lowest BCUT2D eigenvalue weighted by Crippen LogP contribution is -2.30. The monoisotopic (exact) mass is 198 g/mol. The summed E-state index contributed by atoms with van der Waals surface area (Å²) in [7, 11) is 3.15. The molecule has 0 aromatic carbocycles. The van der Waals surface area contributed by atoms with Gasteiger partial charge in [0.05, 0.1) is 12.7 Å². The first-order chi connectivity index (χ1) is 6.59. The molecule has 3 heteroatoms. The topological polar surface area (TPSA) is 35.5 Å². The molecule has 1 aliphatic rings. The molecule has 1 fully saturated rings. The van der Waals surface area contributed by atoms with Gasteiger partial charge in [-0.15, -0.1) is 0 Å². The van der Waals surface area contributed by atoms with Crippen LogP contribution in [0.2, 0.25) is 0 Å². The van der Waals surface area contributed by atoms with Crippen molar-refractivity contribution >= 4 is 5.97 Å². The number of esters is 1. The van der Waals surface area contributed by atoms with Gasteiger partial charge in [-0.3, -0.25) is 0 Å². The number of hydrogen-bond acceptors (Lipinski definition) is 3. The lowest BCUT2D eigenvalue weighted by Gasteiger charge is -2.33. The number of allylic oxidation sites excluding steroid dienone is 1. The lowest BCUT2D eigenvalue weighted by molar-refractivity contribution is -0.134. The molecule has 0 N–H and O–H groups in total.